The number of aryl methyl sites for hydroxylation is 1. The normalized spacial score (nSPS) is 16.0. The summed E-state index contributed by atoms with van der Waals surface area (Å²) in [6.07, 6.45) is 0.773. The van der Waals surface area contributed by atoms with Crippen LogP contribution < -0.4 is 0 Å². The number of nitrogens with zero attached hydrogens (tertiary/aromatic N) is 3. The Kier molecular flexibility index (Phi) is 4.94. The summed E-state index contributed by atoms with van der Waals surface area (Å²) in [4.78, 5) is 12.9. The molecule has 0 bridgehead atoms. The molecule has 2 aromatic rings. The molecule has 1 saturated heterocycles. The molecule has 1 aromatic heterocycles. The summed E-state index contributed by atoms with van der Waals surface area (Å²) < 4.78 is 11.4. The van der Waals surface area contributed by atoms with Crippen LogP contribution in [0.15, 0.2) is 28.7 Å². The molecule has 2 heterocycles. The average molecular weight is 329 g/mol. The fraction of sp³-hybridized carbons (Fsp3) is 0.500. The lowest BCUT2D eigenvalue weighted by atomic mass is 9.94. The standard InChI is InChI=1S/C18H23N3O3/c1-12-6-4-5-7-16(12)13(2)8-17-19-20-18(24-17)11-23-15-9-21(10-15)14(3)22/h4-7,13,15H,8-11H2,1-3H3. The molecule has 3 rings (SSSR count). The number of carbonyl (C=O) groups is 1. The van der Waals surface area contributed by atoms with E-state index in [0.717, 1.165) is 0 Å². The van der Waals surface area contributed by atoms with Crippen LogP contribution in [0.4, 0.5) is 0 Å². The molecular formula is C18H23N3O3. The van der Waals surface area contributed by atoms with Gasteiger partial charge in [-0.25, -0.2) is 0 Å². The van der Waals surface area contributed by atoms with Crippen LogP contribution in [0.25, 0.3) is 0 Å². The van der Waals surface area contributed by atoms with E-state index in [0.29, 0.717) is 43.8 Å². The highest BCUT2D eigenvalue weighted by molar-refractivity contribution is 5.74. The largest absolute Gasteiger partial charge is 0.423 e. The van der Waals surface area contributed by atoms with Crippen LogP contribution in [-0.2, 0) is 22.6 Å². The highest BCUT2D eigenvalue weighted by Crippen LogP contribution is 2.23. The molecule has 128 valence electrons. The summed E-state index contributed by atoms with van der Waals surface area (Å²) in [5, 5.41) is 8.16. The second kappa shape index (κ2) is 7.13. The summed E-state index contributed by atoms with van der Waals surface area (Å²) in [7, 11) is 0. The van der Waals surface area contributed by atoms with Crippen molar-refractivity contribution in [2.75, 3.05) is 13.1 Å². The van der Waals surface area contributed by atoms with Crippen molar-refractivity contribution >= 4 is 5.91 Å². The third kappa shape index (κ3) is 3.82. The molecule has 0 saturated carbocycles. The molecule has 1 aliphatic rings. The van der Waals surface area contributed by atoms with Gasteiger partial charge in [0.2, 0.25) is 17.7 Å². The van der Waals surface area contributed by atoms with E-state index in [1.165, 1.54) is 11.1 Å². The molecule has 1 aliphatic heterocycles. The maximum absolute atomic E-state index is 11.1. The van der Waals surface area contributed by atoms with Gasteiger partial charge in [0.05, 0.1) is 6.10 Å². The van der Waals surface area contributed by atoms with Crippen molar-refractivity contribution in [3.63, 3.8) is 0 Å². The summed E-state index contributed by atoms with van der Waals surface area (Å²) >= 11 is 0. The predicted molar refractivity (Wildman–Crippen MR) is 88.4 cm³/mol. The molecule has 1 amide bonds. The van der Waals surface area contributed by atoms with E-state index in [9.17, 15) is 4.79 Å². The minimum atomic E-state index is 0.0649. The zero-order chi connectivity index (χ0) is 17.1. The van der Waals surface area contributed by atoms with Crippen LogP contribution >= 0.6 is 0 Å². The first-order valence-corrected chi connectivity index (χ1v) is 8.27. The lowest BCUT2D eigenvalue weighted by Crippen LogP contribution is -2.53. The fourth-order valence-corrected chi connectivity index (χ4v) is 2.93. The molecule has 0 N–H and O–H groups in total. The minimum Gasteiger partial charge on any atom is -0.423 e. The fourth-order valence-electron chi connectivity index (χ4n) is 2.93. The first-order chi connectivity index (χ1) is 11.5. The van der Waals surface area contributed by atoms with Crippen molar-refractivity contribution in [3.8, 4) is 0 Å². The molecule has 1 atom stereocenters. The SMILES string of the molecule is CC(=O)N1CC(OCc2nnc(CC(C)c3ccccc3C)o2)C1. The van der Waals surface area contributed by atoms with E-state index in [1.54, 1.807) is 11.8 Å². The molecule has 1 aromatic carbocycles. The van der Waals surface area contributed by atoms with Gasteiger partial charge >= 0.3 is 0 Å². The Balaban J connectivity index is 1.49. The van der Waals surface area contributed by atoms with E-state index >= 15 is 0 Å². The van der Waals surface area contributed by atoms with Gasteiger partial charge in [-0.2, -0.15) is 0 Å². The second-order valence-corrected chi connectivity index (χ2v) is 6.41. The second-order valence-electron chi connectivity index (χ2n) is 6.41. The Morgan fingerprint density at radius 1 is 1.33 bits per heavy atom. The molecule has 0 radical (unpaired) electrons. The van der Waals surface area contributed by atoms with Gasteiger partial charge < -0.3 is 14.1 Å². The molecule has 24 heavy (non-hydrogen) atoms. The highest BCUT2D eigenvalue weighted by Gasteiger charge is 2.29. The number of amides is 1. The minimum absolute atomic E-state index is 0.0649. The maximum atomic E-state index is 11.1. The van der Waals surface area contributed by atoms with E-state index < -0.39 is 0 Å². The van der Waals surface area contributed by atoms with Crippen molar-refractivity contribution in [3.05, 3.63) is 47.2 Å². The molecule has 1 unspecified atom stereocenters. The van der Waals surface area contributed by atoms with E-state index in [2.05, 4.69) is 42.2 Å². The number of ether oxygens (including phenoxy) is 1. The van der Waals surface area contributed by atoms with E-state index in [4.69, 9.17) is 9.15 Å². The van der Waals surface area contributed by atoms with Gasteiger partial charge in [-0.1, -0.05) is 31.2 Å². The summed E-state index contributed by atoms with van der Waals surface area (Å²) in [6.45, 7) is 7.41. The number of likely N-dealkylation sites (tertiary alicyclic amines) is 1. The number of benzene rings is 1. The van der Waals surface area contributed by atoms with Crippen LogP contribution in [-0.4, -0.2) is 40.2 Å². The van der Waals surface area contributed by atoms with Gasteiger partial charge in [0.1, 0.15) is 6.61 Å². The van der Waals surface area contributed by atoms with Crippen LogP contribution in [0.5, 0.6) is 0 Å². The third-order valence-electron chi connectivity index (χ3n) is 4.44. The van der Waals surface area contributed by atoms with E-state index in [1.807, 2.05) is 6.07 Å². The topological polar surface area (TPSA) is 68.5 Å². The molecule has 6 nitrogen and oxygen atoms in total. The van der Waals surface area contributed by atoms with Gasteiger partial charge in [0, 0.05) is 26.4 Å². The van der Waals surface area contributed by atoms with Crippen molar-refractivity contribution in [1.82, 2.24) is 15.1 Å². The quantitative estimate of drug-likeness (QED) is 0.814. The van der Waals surface area contributed by atoms with Crippen LogP contribution in [0.1, 0.15) is 42.7 Å². The summed E-state index contributed by atoms with van der Waals surface area (Å²) in [5.41, 5.74) is 2.57. The van der Waals surface area contributed by atoms with Crippen molar-refractivity contribution < 1.29 is 13.9 Å². The summed E-state index contributed by atoms with van der Waals surface area (Å²) in [6, 6.07) is 8.34. The van der Waals surface area contributed by atoms with Gasteiger partial charge in [0.15, 0.2) is 0 Å². The lowest BCUT2D eigenvalue weighted by Gasteiger charge is -2.37. The molecule has 6 heteroatoms. The zero-order valence-corrected chi connectivity index (χ0v) is 14.4. The van der Waals surface area contributed by atoms with Gasteiger partial charge in [-0.3, -0.25) is 4.79 Å². The van der Waals surface area contributed by atoms with Gasteiger partial charge in [-0.15, -0.1) is 10.2 Å². The lowest BCUT2D eigenvalue weighted by molar-refractivity contribution is -0.143. The van der Waals surface area contributed by atoms with E-state index in [-0.39, 0.29) is 12.0 Å². The van der Waals surface area contributed by atoms with Crippen LogP contribution in [0.3, 0.4) is 0 Å². The predicted octanol–water partition coefficient (Wildman–Crippen LogP) is 2.47. The van der Waals surface area contributed by atoms with Crippen LogP contribution in [0, 0.1) is 6.92 Å². The molecule has 0 spiro atoms. The van der Waals surface area contributed by atoms with Gasteiger partial charge in [-0.05, 0) is 24.0 Å². The van der Waals surface area contributed by atoms with Gasteiger partial charge in [0.25, 0.3) is 0 Å². The number of rotatable bonds is 6. The maximum Gasteiger partial charge on any atom is 0.242 e. The molecular weight excluding hydrogens is 306 g/mol. The first-order valence-electron chi connectivity index (χ1n) is 8.27. The monoisotopic (exact) mass is 329 g/mol. The number of hydrogen-bond donors (Lipinski definition) is 0. The molecule has 0 aliphatic carbocycles. The first kappa shape index (κ1) is 16.6. The summed E-state index contributed by atoms with van der Waals surface area (Å²) in [5.74, 6) is 1.52. The Morgan fingerprint density at radius 2 is 2.04 bits per heavy atom. The Hall–Kier alpha value is -2.21. The van der Waals surface area contributed by atoms with Crippen molar-refractivity contribution in [1.29, 1.82) is 0 Å². The molecule has 1 fully saturated rings. The van der Waals surface area contributed by atoms with Crippen molar-refractivity contribution in [2.45, 2.75) is 45.8 Å². The Labute approximate surface area is 141 Å². The third-order valence-corrected chi connectivity index (χ3v) is 4.44. The smallest absolute Gasteiger partial charge is 0.242 e. The highest BCUT2D eigenvalue weighted by atomic mass is 16.5. The number of hydrogen-bond acceptors (Lipinski definition) is 5. The van der Waals surface area contributed by atoms with Crippen molar-refractivity contribution in [2.24, 2.45) is 0 Å². The Bertz CT molecular complexity index is 707. The number of carbonyl (C=O) groups excluding carboxylic acids is 1. The van der Waals surface area contributed by atoms with Crippen LogP contribution in [0.2, 0.25) is 0 Å². The zero-order valence-electron chi connectivity index (χ0n) is 14.4. The Morgan fingerprint density at radius 3 is 2.75 bits per heavy atom. The average Bonchev–Trinajstić information content (AvgIpc) is 2.93. The number of aromatic nitrogens is 2.